The summed E-state index contributed by atoms with van der Waals surface area (Å²) in [7, 11) is 0. The van der Waals surface area contributed by atoms with Crippen LogP contribution in [0.1, 0.15) is 17.6 Å². The van der Waals surface area contributed by atoms with Gasteiger partial charge < -0.3 is 0 Å². The highest BCUT2D eigenvalue weighted by atomic mass is 19.3. The van der Waals surface area contributed by atoms with Gasteiger partial charge in [-0.3, -0.25) is 0 Å². The minimum Gasteiger partial charge on any atom is -0.207 e. The van der Waals surface area contributed by atoms with Crippen molar-refractivity contribution in [2.45, 2.75) is 13.3 Å². The van der Waals surface area contributed by atoms with Gasteiger partial charge >= 0.3 is 0 Å². The summed E-state index contributed by atoms with van der Waals surface area (Å²) < 4.78 is 36.4. The van der Waals surface area contributed by atoms with Gasteiger partial charge in [0.25, 0.3) is 6.43 Å². The Labute approximate surface area is 62.7 Å². The van der Waals surface area contributed by atoms with E-state index < -0.39 is 12.2 Å². The smallest absolute Gasteiger partial charge is 0.207 e. The lowest BCUT2D eigenvalue weighted by Gasteiger charge is -2.02. The van der Waals surface area contributed by atoms with Gasteiger partial charge in [-0.25, -0.2) is 13.2 Å². The molecule has 1 aromatic rings. The minimum atomic E-state index is -2.52. The molecule has 1 aromatic carbocycles. The van der Waals surface area contributed by atoms with E-state index in [1.807, 2.05) is 0 Å². The fourth-order valence-corrected chi connectivity index (χ4v) is 0.884. The lowest BCUT2D eigenvalue weighted by atomic mass is 10.1. The molecule has 0 unspecified atom stereocenters. The summed E-state index contributed by atoms with van der Waals surface area (Å²) in [6, 6.07) is 3.24. The van der Waals surface area contributed by atoms with Crippen LogP contribution in [0.25, 0.3) is 0 Å². The summed E-state index contributed by atoms with van der Waals surface area (Å²) in [5.41, 5.74) is 0.186. The number of aryl methyl sites for hydroxylation is 1. The van der Waals surface area contributed by atoms with E-state index >= 15 is 0 Å². The van der Waals surface area contributed by atoms with E-state index in [2.05, 4.69) is 0 Å². The first-order valence-electron chi connectivity index (χ1n) is 3.15. The Balaban J connectivity index is 3.09. The largest absolute Gasteiger partial charge is 0.264 e. The van der Waals surface area contributed by atoms with E-state index in [1.165, 1.54) is 6.92 Å². The summed E-state index contributed by atoms with van der Waals surface area (Å²) in [5, 5.41) is 0. The van der Waals surface area contributed by atoms with E-state index in [1.54, 1.807) is 0 Å². The molecule has 0 aliphatic heterocycles. The average Bonchev–Trinajstić information content (AvgIpc) is 1.85. The number of halogens is 3. The molecule has 0 aliphatic rings. The highest BCUT2D eigenvalue weighted by Gasteiger charge is 2.09. The molecule has 0 heterocycles. The quantitative estimate of drug-likeness (QED) is 0.592. The van der Waals surface area contributed by atoms with Crippen LogP contribution >= 0.6 is 0 Å². The topological polar surface area (TPSA) is 0 Å². The summed E-state index contributed by atoms with van der Waals surface area (Å²) in [6.45, 7) is 1.46. The molecule has 60 valence electrons. The number of hydrogen-bond donors (Lipinski definition) is 0. The van der Waals surface area contributed by atoms with Crippen molar-refractivity contribution < 1.29 is 13.2 Å². The van der Waals surface area contributed by atoms with Gasteiger partial charge in [0.05, 0.1) is 0 Å². The van der Waals surface area contributed by atoms with Crippen LogP contribution in [-0.4, -0.2) is 0 Å². The molecule has 0 nitrogen and oxygen atoms in total. The molecular formula is C8H7F3. The Morgan fingerprint density at radius 2 is 1.91 bits per heavy atom. The van der Waals surface area contributed by atoms with Gasteiger partial charge in [-0.2, -0.15) is 0 Å². The Kier molecular flexibility index (Phi) is 2.17. The van der Waals surface area contributed by atoms with Gasteiger partial charge in [0, 0.05) is 5.56 Å². The minimum absolute atomic E-state index is 0.105. The average molecular weight is 160 g/mol. The highest BCUT2D eigenvalue weighted by Crippen LogP contribution is 2.22. The molecule has 0 spiro atoms. The van der Waals surface area contributed by atoms with Gasteiger partial charge in [0.15, 0.2) is 0 Å². The van der Waals surface area contributed by atoms with Gasteiger partial charge in [-0.1, -0.05) is 6.07 Å². The van der Waals surface area contributed by atoms with E-state index in [-0.39, 0.29) is 5.56 Å². The van der Waals surface area contributed by atoms with E-state index in [0.29, 0.717) is 5.56 Å². The predicted octanol–water partition coefficient (Wildman–Crippen LogP) is 3.07. The van der Waals surface area contributed by atoms with Crippen molar-refractivity contribution in [1.82, 2.24) is 0 Å². The Hall–Kier alpha value is -0.990. The Morgan fingerprint density at radius 3 is 2.36 bits per heavy atom. The van der Waals surface area contributed by atoms with E-state index in [4.69, 9.17) is 0 Å². The molecule has 11 heavy (non-hydrogen) atoms. The third-order valence-corrected chi connectivity index (χ3v) is 1.47. The number of rotatable bonds is 1. The maximum absolute atomic E-state index is 12.4. The van der Waals surface area contributed by atoms with Crippen molar-refractivity contribution in [3.05, 3.63) is 35.1 Å². The zero-order valence-electron chi connectivity index (χ0n) is 5.94. The van der Waals surface area contributed by atoms with Crippen LogP contribution in [0.4, 0.5) is 13.2 Å². The molecule has 0 N–H and O–H groups in total. The lowest BCUT2D eigenvalue weighted by molar-refractivity contribution is 0.150. The second kappa shape index (κ2) is 2.95. The standard InChI is InChI=1S/C8H7F3/c1-5-4-6(9)2-3-7(5)8(10)11/h2-4,8H,1H3. The zero-order chi connectivity index (χ0) is 8.43. The highest BCUT2D eigenvalue weighted by molar-refractivity contribution is 5.27. The first-order chi connectivity index (χ1) is 5.11. The van der Waals surface area contributed by atoms with Crippen LogP contribution < -0.4 is 0 Å². The summed E-state index contributed by atoms with van der Waals surface area (Å²) in [4.78, 5) is 0. The van der Waals surface area contributed by atoms with Crippen LogP contribution in [0.3, 0.4) is 0 Å². The van der Waals surface area contributed by atoms with Gasteiger partial charge in [-0.05, 0) is 24.6 Å². The van der Waals surface area contributed by atoms with Crippen LogP contribution in [0.2, 0.25) is 0 Å². The monoisotopic (exact) mass is 160 g/mol. The third-order valence-electron chi connectivity index (χ3n) is 1.47. The maximum Gasteiger partial charge on any atom is 0.264 e. The van der Waals surface area contributed by atoms with E-state index in [0.717, 1.165) is 18.2 Å². The normalized spacial score (nSPS) is 10.6. The van der Waals surface area contributed by atoms with Crippen molar-refractivity contribution >= 4 is 0 Å². The Bertz CT molecular complexity index is 256. The predicted molar refractivity (Wildman–Crippen MR) is 36.1 cm³/mol. The molecule has 0 amide bonds. The molecule has 1 rings (SSSR count). The van der Waals surface area contributed by atoms with Gasteiger partial charge in [-0.15, -0.1) is 0 Å². The van der Waals surface area contributed by atoms with Crippen LogP contribution in [0.15, 0.2) is 18.2 Å². The van der Waals surface area contributed by atoms with Crippen molar-refractivity contribution in [3.63, 3.8) is 0 Å². The molecule has 0 atom stereocenters. The molecule has 0 aromatic heterocycles. The summed E-state index contributed by atoms with van der Waals surface area (Å²) >= 11 is 0. The fourth-order valence-electron chi connectivity index (χ4n) is 0.884. The first-order valence-corrected chi connectivity index (χ1v) is 3.15. The van der Waals surface area contributed by atoms with Crippen molar-refractivity contribution in [3.8, 4) is 0 Å². The number of hydrogen-bond acceptors (Lipinski definition) is 0. The van der Waals surface area contributed by atoms with Gasteiger partial charge in [0.2, 0.25) is 0 Å². The number of benzene rings is 1. The molecule has 0 saturated heterocycles. The molecular weight excluding hydrogens is 153 g/mol. The van der Waals surface area contributed by atoms with Crippen molar-refractivity contribution in [1.29, 1.82) is 0 Å². The van der Waals surface area contributed by atoms with E-state index in [9.17, 15) is 13.2 Å². The summed E-state index contributed by atoms with van der Waals surface area (Å²) in [6.07, 6.45) is -2.52. The van der Waals surface area contributed by atoms with Crippen LogP contribution in [0, 0.1) is 12.7 Å². The molecule has 3 heteroatoms. The summed E-state index contributed by atoms with van der Waals surface area (Å²) in [5.74, 6) is -0.480. The second-order valence-electron chi connectivity index (χ2n) is 2.30. The number of alkyl halides is 2. The molecule has 0 bridgehead atoms. The molecule has 0 fully saturated rings. The van der Waals surface area contributed by atoms with Crippen LogP contribution in [-0.2, 0) is 0 Å². The zero-order valence-corrected chi connectivity index (χ0v) is 5.94. The fraction of sp³-hybridized carbons (Fsp3) is 0.250. The molecule has 0 saturated carbocycles. The molecule has 0 radical (unpaired) electrons. The van der Waals surface area contributed by atoms with Crippen molar-refractivity contribution in [2.75, 3.05) is 0 Å². The maximum atomic E-state index is 12.4. The Morgan fingerprint density at radius 1 is 1.27 bits per heavy atom. The molecule has 0 aliphatic carbocycles. The second-order valence-corrected chi connectivity index (χ2v) is 2.30. The third kappa shape index (κ3) is 1.73. The van der Waals surface area contributed by atoms with Crippen LogP contribution in [0.5, 0.6) is 0 Å². The van der Waals surface area contributed by atoms with Gasteiger partial charge in [0.1, 0.15) is 5.82 Å². The SMILES string of the molecule is Cc1cc(F)ccc1C(F)F. The van der Waals surface area contributed by atoms with Crippen molar-refractivity contribution in [2.24, 2.45) is 0 Å². The first kappa shape index (κ1) is 8.11. The lowest BCUT2D eigenvalue weighted by Crippen LogP contribution is -1.89.